The zero-order valence-corrected chi connectivity index (χ0v) is 13.8. The van der Waals surface area contributed by atoms with Crippen LogP contribution in [0.3, 0.4) is 0 Å². The van der Waals surface area contributed by atoms with Crippen molar-refractivity contribution in [2.45, 2.75) is 38.1 Å². The zero-order valence-electron chi connectivity index (χ0n) is 13.8. The molecule has 1 aliphatic carbocycles. The summed E-state index contributed by atoms with van der Waals surface area (Å²) in [6, 6.07) is 5.74. The van der Waals surface area contributed by atoms with Crippen LogP contribution in [0.1, 0.15) is 18.4 Å². The van der Waals surface area contributed by atoms with E-state index in [4.69, 9.17) is 9.47 Å². The molecule has 1 saturated carbocycles. The number of rotatable bonds is 8. The van der Waals surface area contributed by atoms with Gasteiger partial charge in [0.15, 0.2) is 11.5 Å². The van der Waals surface area contributed by atoms with Gasteiger partial charge >= 0.3 is 6.61 Å². The largest absolute Gasteiger partial charge is 0.493 e. The Balaban J connectivity index is 1.47. The van der Waals surface area contributed by atoms with Crippen LogP contribution in [0.15, 0.2) is 18.2 Å². The summed E-state index contributed by atoms with van der Waals surface area (Å²) in [5.74, 6) is 0.357. The SMILES string of the molecule is COc1cc(CNCC2CN(C3CC3)CCO2)ccc1OC(F)F. The van der Waals surface area contributed by atoms with Crippen LogP contribution in [0.5, 0.6) is 11.5 Å². The molecule has 0 bridgehead atoms. The molecule has 24 heavy (non-hydrogen) atoms. The molecule has 2 fully saturated rings. The maximum Gasteiger partial charge on any atom is 0.387 e. The van der Waals surface area contributed by atoms with Gasteiger partial charge in [-0.1, -0.05) is 6.07 Å². The van der Waals surface area contributed by atoms with Gasteiger partial charge in [0.25, 0.3) is 0 Å². The van der Waals surface area contributed by atoms with Gasteiger partial charge in [0.05, 0.1) is 19.8 Å². The predicted octanol–water partition coefficient (Wildman–Crippen LogP) is 2.25. The lowest BCUT2D eigenvalue weighted by atomic mass is 10.2. The number of nitrogens with one attached hydrogen (secondary N) is 1. The Hall–Kier alpha value is -1.44. The predicted molar refractivity (Wildman–Crippen MR) is 85.7 cm³/mol. The molecule has 134 valence electrons. The molecule has 1 aliphatic heterocycles. The standard InChI is InChI=1S/C17H24F2N2O3/c1-22-16-8-12(2-5-15(16)24-17(18)19)9-20-10-14-11-21(6-7-23-14)13-3-4-13/h2,5,8,13-14,17,20H,3-4,6-7,9-11H2,1H3. The Bertz CT molecular complexity index is 541. The van der Waals surface area contributed by atoms with Crippen LogP contribution in [-0.2, 0) is 11.3 Å². The summed E-state index contributed by atoms with van der Waals surface area (Å²) >= 11 is 0. The van der Waals surface area contributed by atoms with Crippen molar-refractivity contribution in [3.63, 3.8) is 0 Å². The van der Waals surface area contributed by atoms with Gasteiger partial charge in [-0.15, -0.1) is 0 Å². The first-order valence-electron chi connectivity index (χ1n) is 8.34. The number of hydrogen-bond donors (Lipinski definition) is 1. The fourth-order valence-corrected chi connectivity index (χ4v) is 3.03. The van der Waals surface area contributed by atoms with Crippen molar-refractivity contribution in [2.75, 3.05) is 33.4 Å². The molecule has 1 unspecified atom stereocenters. The molecular formula is C17H24F2N2O3. The van der Waals surface area contributed by atoms with Gasteiger partial charge in [0.2, 0.25) is 0 Å². The molecule has 1 aromatic rings. The molecule has 0 amide bonds. The number of nitrogens with zero attached hydrogens (tertiary/aromatic N) is 1. The normalized spacial score (nSPS) is 21.9. The van der Waals surface area contributed by atoms with Crippen LogP contribution in [0.4, 0.5) is 8.78 Å². The molecule has 3 rings (SSSR count). The van der Waals surface area contributed by atoms with E-state index in [2.05, 4.69) is 15.0 Å². The summed E-state index contributed by atoms with van der Waals surface area (Å²) in [6.07, 6.45) is 2.82. The van der Waals surface area contributed by atoms with Gasteiger partial charge in [-0.3, -0.25) is 4.90 Å². The minimum Gasteiger partial charge on any atom is -0.493 e. The first-order valence-corrected chi connectivity index (χ1v) is 8.34. The van der Waals surface area contributed by atoms with Crippen LogP contribution in [0, 0.1) is 0 Å². The summed E-state index contributed by atoms with van der Waals surface area (Å²) in [5.41, 5.74) is 0.948. The summed E-state index contributed by atoms with van der Waals surface area (Å²) in [7, 11) is 1.44. The lowest BCUT2D eigenvalue weighted by molar-refractivity contribution is -0.0512. The van der Waals surface area contributed by atoms with Crippen molar-refractivity contribution in [2.24, 2.45) is 0 Å². The number of morpholine rings is 1. The van der Waals surface area contributed by atoms with Gasteiger partial charge in [0.1, 0.15) is 0 Å². The molecule has 7 heteroatoms. The van der Waals surface area contributed by atoms with E-state index in [1.807, 2.05) is 0 Å². The number of methoxy groups -OCH3 is 1. The first kappa shape index (κ1) is 17.4. The van der Waals surface area contributed by atoms with Crippen molar-refractivity contribution >= 4 is 0 Å². The van der Waals surface area contributed by atoms with Gasteiger partial charge in [-0.25, -0.2) is 0 Å². The molecule has 1 aromatic carbocycles. The first-order chi connectivity index (χ1) is 11.7. The third-order valence-corrected chi connectivity index (χ3v) is 4.38. The van der Waals surface area contributed by atoms with Gasteiger partial charge in [-0.05, 0) is 30.5 Å². The molecule has 0 spiro atoms. The van der Waals surface area contributed by atoms with Crippen molar-refractivity contribution in [3.8, 4) is 11.5 Å². The Morgan fingerprint density at radius 3 is 2.88 bits per heavy atom. The quantitative estimate of drug-likeness (QED) is 0.785. The van der Waals surface area contributed by atoms with Gasteiger partial charge in [0, 0.05) is 32.2 Å². The van der Waals surface area contributed by atoms with Gasteiger partial charge in [-0.2, -0.15) is 8.78 Å². The number of hydrogen-bond acceptors (Lipinski definition) is 5. The molecule has 0 aromatic heterocycles. The second kappa shape index (κ2) is 8.09. The maximum atomic E-state index is 12.3. The zero-order chi connectivity index (χ0) is 16.9. The number of benzene rings is 1. The van der Waals surface area contributed by atoms with Crippen molar-refractivity contribution in [1.82, 2.24) is 10.2 Å². The van der Waals surface area contributed by atoms with E-state index in [-0.39, 0.29) is 11.9 Å². The summed E-state index contributed by atoms with van der Waals surface area (Å²) in [4.78, 5) is 2.51. The number of ether oxygens (including phenoxy) is 3. The van der Waals surface area contributed by atoms with E-state index >= 15 is 0 Å². The number of halogens is 2. The van der Waals surface area contributed by atoms with Crippen LogP contribution in [0.2, 0.25) is 0 Å². The summed E-state index contributed by atoms with van der Waals surface area (Å²) < 4.78 is 40.0. The van der Waals surface area contributed by atoms with Crippen LogP contribution >= 0.6 is 0 Å². The van der Waals surface area contributed by atoms with E-state index in [0.29, 0.717) is 12.3 Å². The summed E-state index contributed by atoms with van der Waals surface area (Å²) in [5, 5.41) is 3.37. The Morgan fingerprint density at radius 2 is 2.17 bits per heavy atom. The highest BCUT2D eigenvalue weighted by molar-refractivity contribution is 5.42. The minimum absolute atomic E-state index is 0.0481. The molecule has 0 radical (unpaired) electrons. The fourth-order valence-electron chi connectivity index (χ4n) is 3.03. The molecule has 1 saturated heterocycles. The van der Waals surface area contributed by atoms with Crippen molar-refractivity contribution < 1.29 is 23.0 Å². The van der Waals surface area contributed by atoms with E-state index in [9.17, 15) is 8.78 Å². The molecule has 1 N–H and O–H groups in total. The monoisotopic (exact) mass is 342 g/mol. The third kappa shape index (κ3) is 4.78. The van der Waals surface area contributed by atoms with Gasteiger partial charge < -0.3 is 19.5 Å². The maximum absolute atomic E-state index is 12.3. The fraction of sp³-hybridized carbons (Fsp3) is 0.647. The average Bonchev–Trinajstić information content (AvgIpc) is 3.41. The highest BCUT2D eigenvalue weighted by atomic mass is 19.3. The Morgan fingerprint density at radius 1 is 1.33 bits per heavy atom. The van der Waals surface area contributed by atoms with Crippen molar-refractivity contribution in [1.29, 1.82) is 0 Å². The third-order valence-electron chi connectivity index (χ3n) is 4.38. The number of alkyl halides is 2. The lowest BCUT2D eigenvalue weighted by Gasteiger charge is -2.33. The second-order valence-corrected chi connectivity index (χ2v) is 6.21. The minimum atomic E-state index is -2.86. The second-order valence-electron chi connectivity index (χ2n) is 6.21. The molecule has 2 aliphatic rings. The van der Waals surface area contributed by atoms with Crippen LogP contribution < -0.4 is 14.8 Å². The average molecular weight is 342 g/mol. The Labute approximate surface area is 140 Å². The molecule has 5 nitrogen and oxygen atoms in total. The van der Waals surface area contributed by atoms with E-state index < -0.39 is 6.61 Å². The Kier molecular flexibility index (Phi) is 5.86. The lowest BCUT2D eigenvalue weighted by Crippen LogP contribution is -2.47. The van der Waals surface area contributed by atoms with Crippen molar-refractivity contribution in [3.05, 3.63) is 23.8 Å². The highest BCUT2D eigenvalue weighted by Crippen LogP contribution is 2.30. The molecule has 1 heterocycles. The van der Waals surface area contributed by atoms with Crippen LogP contribution in [0.25, 0.3) is 0 Å². The highest BCUT2D eigenvalue weighted by Gasteiger charge is 2.32. The summed E-state index contributed by atoms with van der Waals surface area (Å²) in [6.45, 7) is 1.32. The van der Waals surface area contributed by atoms with E-state index in [1.165, 1.54) is 26.0 Å². The van der Waals surface area contributed by atoms with E-state index in [1.54, 1.807) is 12.1 Å². The molecule has 1 atom stereocenters. The van der Waals surface area contributed by atoms with Crippen LogP contribution in [-0.4, -0.2) is 57.0 Å². The van der Waals surface area contributed by atoms with E-state index in [0.717, 1.165) is 37.8 Å². The smallest absolute Gasteiger partial charge is 0.387 e. The molecular weight excluding hydrogens is 318 g/mol. The topological polar surface area (TPSA) is 43.0 Å².